The molecule has 1 atom stereocenters. The molecule has 0 fully saturated rings. The van der Waals surface area contributed by atoms with E-state index in [0.717, 1.165) is 10.6 Å². The summed E-state index contributed by atoms with van der Waals surface area (Å²) in [5.74, 6) is 0.497. The number of ether oxygens (including phenoxy) is 2. The number of nitrogens with one attached hydrogen (secondary N) is 1. The molecule has 7 nitrogen and oxygen atoms in total. The van der Waals surface area contributed by atoms with Gasteiger partial charge in [0, 0.05) is 5.02 Å². The number of hydrogen-bond donors (Lipinski definition) is 1. The zero-order valence-electron chi connectivity index (χ0n) is 16.1. The van der Waals surface area contributed by atoms with Gasteiger partial charge >= 0.3 is 0 Å². The molecule has 2 aromatic carbocycles. The topological polar surface area (TPSA) is 84.9 Å². The Bertz CT molecular complexity index is 932. The molecule has 1 N–H and O–H groups in total. The van der Waals surface area contributed by atoms with E-state index < -0.39 is 22.0 Å². The molecule has 0 aliphatic rings. The number of halogens is 1. The predicted octanol–water partition coefficient (Wildman–Crippen LogP) is 3.54. The molecule has 0 saturated heterocycles. The van der Waals surface area contributed by atoms with Crippen molar-refractivity contribution in [1.29, 1.82) is 0 Å². The molecular weight excluding hydrogens is 404 g/mol. The van der Waals surface area contributed by atoms with E-state index in [-0.39, 0.29) is 0 Å². The Morgan fingerprint density at radius 3 is 2.39 bits per heavy atom. The van der Waals surface area contributed by atoms with E-state index in [9.17, 15) is 13.2 Å². The largest absolute Gasteiger partial charge is 0.495 e. The average Bonchev–Trinajstić information content (AvgIpc) is 2.62. The van der Waals surface area contributed by atoms with Crippen LogP contribution in [-0.4, -0.2) is 40.3 Å². The summed E-state index contributed by atoms with van der Waals surface area (Å²) in [5, 5.41) is 3.09. The van der Waals surface area contributed by atoms with Crippen LogP contribution in [0.25, 0.3) is 0 Å². The number of hydrogen-bond acceptors (Lipinski definition) is 5. The van der Waals surface area contributed by atoms with Gasteiger partial charge in [-0.3, -0.25) is 9.10 Å². The van der Waals surface area contributed by atoms with E-state index >= 15 is 0 Å². The van der Waals surface area contributed by atoms with E-state index in [0.29, 0.717) is 34.5 Å². The maximum absolute atomic E-state index is 12.8. The van der Waals surface area contributed by atoms with Crippen LogP contribution in [0.4, 0.5) is 11.4 Å². The van der Waals surface area contributed by atoms with Crippen molar-refractivity contribution in [2.75, 3.05) is 29.6 Å². The molecule has 0 bridgehead atoms. The molecule has 0 spiro atoms. The Hall–Kier alpha value is -2.45. The lowest BCUT2D eigenvalue weighted by Crippen LogP contribution is -2.45. The highest BCUT2D eigenvalue weighted by atomic mass is 35.5. The van der Waals surface area contributed by atoms with Gasteiger partial charge in [-0.25, -0.2) is 8.42 Å². The predicted molar refractivity (Wildman–Crippen MR) is 111 cm³/mol. The van der Waals surface area contributed by atoms with Gasteiger partial charge in [-0.2, -0.15) is 0 Å². The van der Waals surface area contributed by atoms with Crippen LogP contribution in [0.1, 0.15) is 13.8 Å². The van der Waals surface area contributed by atoms with Gasteiger partial charge in [-0.05, 0) is 56.3 Å². The highest BCUT2D eigenvalue weighted by Crippen LogP contribution is 2.29. The molecule has 28 heavy (non-hydrogen) atoms. The standard InChI is InChI=1S/C19H23ClN2O5S/c1-5-27-16-9-7-15(8-10-16)22(28(4,24)25)13(2)19(23)21-17-12-14(20)6-11-18(17)26-3/h6-13H,5H2,1-4H3,(H,21,23)/t13-/m1/s1. The van der Waals surface area contributed by atoms with E-state index in [1.165, 1.54) is 20.1 Å². The molecule has 152 valence electrons. The lowest BCUT2D eigenvalue weighted by molar-refractivity contribution is -0.116. The monoisotopic (exact) mass is 426 g/mol. The van der Waals surface area contributed by atoms with Crippen molar-refractivity contribution >= 4 is 38.9 Å². The maximum atomic E-state index is 12.8. The summed E-state index contributed by atoms with van der Waals surface area (Å²) in [6.07, 6.45) is 1.05. The number of amides is 1. The van der Waals surface area contributed by atoms with Gasteiger partial charge in [0.15, 0.2) is 0 Å². The third kappa shape index (κ3) is 5.30. The van der Waals surface area contributed by atoms with Crippen LogP contribution in [-0.2, 0) is 14.8 Å². The number of methoxy groups -OCH3 is 1. The molecule has 2 aromatic rings. The third-order valence-corrected chi connectivity index (χ3v) is 5.39. The smallest absolute Gasteiger partial charge is 0.248 e. The number of benzene rings is 2. The van der Waals surface area contributed by atoms with Gasteiger partial charge in [-0.1, -0.05) is 11.6 Å². The molecular formula is C19H23ClN2O5S. The molecule has 2 rings (SSSR count). The third-order valence-electron chi connectivity index (χ3n) is 3.91. The summed E-state index contributed by atoms with van der Waals surface area (Å²) in [6, 6.07) is 10.3. The first kappa shape index (κ1) is 21.8. The number of carbonyl (C=O) groups excluding carboxylic acids is 1. The van der Waals surface area contributed by atoms with E-state index in [1.54, 1.807) is 36.4 Å². The SMILES string of the molecule is CCOc1ccc(N([C@H](C)C(=O)Nc2cc(Cl)ccc2OC)S(C)(=O)=O)cc1. The summed E-state index contributed by atoms with van der Waals surface area (Å²) in [6.45, 7) is 3.85. The Morgan fingerprint density at radius 2 is 1.86 bits per heavy atom. The fourth-order valence-corrected chi connectivity index (χ4v) is 4.03. The minimum atomic E-state index is -3.73. The maximum Gasteiger partial charge on any atom is 0.248 e. The highest BCUT2D eigenvalue weighted by Gasteiger charge is 2.29. The van der Waals surface area contributed by atoms with E-state index in [4.69, 9.17) is 21.1 Å². The molecule has 9 heteroatoms. The van der Waals surface area contributed by atoms with Crippen LogP contribution in [0, 0.1) is 0 Å². The van der Waals surface area contributed by atoms with Crippen molar-refractivity contribution in [3.8, 4) is 11.5 Å². The number of sulfonamides is 1. The fraction of sp³-hybridized carbons (Fsp3) is 0.316. The number of carbonyl (C=O) groups is 1. The van der Waals surface area contributed by atoms with Crippen LogP contribution in [0.15, 0.2) is 42.5 Å². The van der Waals surface area contributed by atoms with Crippen LogP contribution in [0.5, 0.6) is 11.5 Å². The number of rotatable bonds is 8. The molecule has 0 heterocycles. The number of anilines is 2. The first-order valence-corrected chi connectivity index (χ1v) is 10.8. The Labute approximate surface area is 170 Å². The van der Waals surface area contributed by atoms with Crippen molar-refractivity contribution in [2.24, 2.45) is 0 Å². The lowest BCUT2D eigenvalue weighted by Gasteiger charge is -2.28. The Kier molecular flexibility index (Phi) is 7.15. The minimum Gasteiger partial charge on any atom is -0.495 e. The molecule has 0 aliphatic carbocycles. The van der Waals surface area contributed by atoms with Crippen LogP contribution in [0.2, 0.25) is 5.02 Å². The molecule has 0 aliphatic heterocycles. The first-order valence-electron chi connectivity index (χ1n) is 8.54. The molecule has 0 saturated carbocycles. The highest BCUT2D eigenvalue weighted by molar-refractivity contribution is 7.92. The molecule has 0 aromatic heterocycles. The summed E-state index contributed by atoms with van der Waals surface area (Å²) in [7, 11) is -2.27. The van der Waals surface area contributed by atoms with Crippen LogP contribution >= 0.6 is 11.6 Å². The van der Waals surface area contributed by atoms with E-state index in [1.807, 2.05) is 6.92 Å². The van der Waals surface area contributed by atoms with Gasteiger partial charge in [0.25, 0.3) is 0 Å². The minimum absolute atomic E-state index is 0.353. The van der Waals surface area contributed by atoms with Crippen LogP contribution in [0.3, 0.4) is 0 Å². The molecule has 0 radical (unpaired) electrons. The zero-order chi connectivity index (χ0) is 20.9. The Balaban J connectivity index is 2.31. The van der Waals surface area contributed by atoms with Gasteiger partial charge in [-0.15, -0.1) is 0 Å². The summed E-state index contributed by atoms with van der Waals surface area (Å²) >= 11 is 5.98. The van der Waals surface area contributed by atoms with E-state index in [2.05, 4.69) is 5.32 Å². The van der Waals surface area contributed by atoms with Gasteiger partial charge in [0.1, 0.15) is 17.5 Å². The van der Waals surface area contributed by atoms with Crippen molar-refractivity contribution in [3.05, 3.63) is 47.5 Å². The molecule has 1 amide bonds. The first-order chi connectivity index (χ1) is 13.2. The van der Waals surface area contributed by atoms with Crippen molar-refractivity contribution < 1.29 is 22.7 Å². The second-order valence-corrected chi connectivity index (χ2v) is 8.29. The van der Waals surface area contributed by atoms with Crippen LogP contribution < -0.4 is 19.1 Å². The normalized spacial score (nSPS) is 12.2. The summed E-state index contributed by atoms with van der Waals surface area (Å²) < 4.78 is 36.4. The van der Waals surface area contributed by atoms with Crippen molar-refractivity contribution in [1.82, 2.24) is 0 Å². The quantitative estimate of drug-likeness (QED) is 0.697. The summed E-state index contributed by atoms with van der Waals surface area (Å²) in [5.41, 5.74) is 0.707. The van der Waals surface area contributed by atoms with Gasteiger partial charge in [0.2, 0.25) is 15.9 Å². The van der Waals surface area contributed by atoms with Gasteiger partial charge < -0.3 is 14.8 Å². The van der Waals surface area contributed by atoms with Gasteiger partial charge in [0.05, 0.1) is 31.3 Å². The lowest BCUT2D eigenvalue weighted by atomic mass is 10.2. The zero-order valence-corrected chi connectivity index (χ0v) is 17.7. The van der Waals surface area contributed by atoms with Crippen molar-refractivity contribution in [2.45, 2.75) is 19.9 Å². The second-order valence-electron chi connectivity index (χ2n) is 6.00. The fourth-order valence-electron chi connectivity index (χ4n) is 2.68. The molecule has 0 unspecified atom stereocenters. The summed E-state index contributed by atoms with van der Waals surface area (Å²) in [4.78, 5) is 12.8. The van der Waals surface area contributed by atoms with Crippen molar-refractivity contribution in [3.63, 3.8) is 0 Å². The second kappa shape index (κ2) is 9.16. The average molecular weight is 427 g/mol. The Morgan fingerprint density at radius 1 is 1.21 bits per heavy atom. The number of nitrogens with zero attached hydrogens (tertiary/aromatic N) is 1.